The number of aromatic nitrogens is 2. The molecule has 1 N–H and O–H groups in total. The van der Waals surface area contributed by atoms with E-state index in [-0.39, 0.29) is 30.1 Å². The van der Waals surface area contributed by atoms with Crippen molar-refractivity contribution in [1.82, 2.24) is 19.8 Å². The third-order valence-corrected chi connectivity index (χ3v) is 10.2. The zero-order valence-electron chi connectivity index (χ0n) is 25.0. The van der Waals surface area contributed by atoms with E-state index in [9.17, 15) is 19.6 Å². The van der Waals surface area contributed by atoms with Gasteiger partial charge in [0.15, 0.2) is 10.9 Å². The number of hydrogen-bond acceptors (Lipinski definition) is 9. The summed E-state index contributed by atoms with van der Waals surface area (Å²) >= 11 is 1.25. The molecule has 2 aliphatic heterocycles. The predicted molar refractivity (Wildman–Crippen MR) is 170 cm³/mol. The molecule has 2 saturated heterocycles. The molecule has 0 spiro atoms. The van der Waals surface area contributed by atoms with Crippen LogP contribution < -0.4 is 9.80 Å². The molecule has 0 saturated carbocycles. The number of pyridine rings is 1. The third kappa shape index (κ3) is 5.49. The van der Waals surface area contributed by atoms with Gasteiger partial charge in [-0.1, -0.05) is 11.3 Å². The molecule has 2 aromatic heterocycles. The van der Waals surface area contributed by atoms with E-state index in [1.54, 1.807) is 23.1 Å². The van der Waals surface area contributed by atoms with Crippen LogP contribution in [0.3, 0.4) is 0 Å². The number of aryl methyl sites for hydroxylation is 1. The minimum Gasteiger partial charge on any atom is -0.396 e. The Balaban J connectivity index is 1.18. The SMILES string of the molecule is CN(c1nc(-c2ccc(F)cc2)c(C#N)s1)c1c2c(nc3c(F)cc(N4CCN(CC(=O)N5CC(CO)C5)CC4)cc13)CCC2. The highest BCUT2D eigenvalue weighted by molar-refractivity contribution is 7.16. The van der Waals surface area contributed by atoms with Crippen molar-refractivity contribution >= 4 is 44.7 Å². The topological polar surface area (TPSA) is 99.8 Å². The van der Waals surface area contributed by atoms with Crippen molar-refractivity contribution in [2.24, 2.45) is 5.92 Å². The minimum absolute atomic E-state index is 0.0850. The minimum atomic E-state index is -0.385. The summed E-state index contributed by atoms with van der Waals surface area (Å²) in [5.74, 6) is -0.472. The molecule has 0 bridgehead atoms. The first-order valence-corrected chi connectivity index (χ1v) is 16.1. The molecule has 2 fully saturated rings. The number of nitrogens with zero attached hydrogens (tertiary/aromatic N) is 7. The third-order valence-electron chi connectivity index (χ3n) is 9.15. The fraction of sp³-hybridized carbons (Fsp3) is 0.394. The molecular weight excluding hydrogens is 596 g/mol. The number of nitriles is 1. The molecule has 1 aliphatic carbocycles. The van der Waals surface area contributed by atoms with Crippen molar-refractivity contribution in [2.75, 3.05) is 69.3 Å². The Morgan fingerprint density at radius 1 is 1.11 bits per heavy atom. The van der Waals surface area contributed by atoms with Crippen molar-refractivity contribution in [2.45, 2.75) is 19.3 Å². The van der Waals surface area contributed by atoms with Crippen molar-refractivity contribution < 1.29 is 18.7 Å². The zero-order chi connectivity index (χ0) is 31.2. The van der Waals surface area contributed by atoms with E-state index in [1.165, 1.54) is 23.5 Å². The Labute approximate surface area is 263 Å². The number of amides is 1. The molecule has 0 atom stereocenters. The highest BCUT2D eigenvalue weighted by atomic mass is 32.1. The number of hydrogen-bond donors (Lipinski definition) is 1. The van der Waals surface area contributed by atoms with E-state index >= 15 is 4.39 Å². The average molecular weight is 630 g/mol. The van der Waals surface area contributed by atoms with Gasteiger partial charge in [-0.15, -0.1) is 0 Å². The van der Waals surface area contributed by atoms with E-state index in [4.69, 9.17) is 9.97 Å². The number of fused-ring (bicyclic) bond motifs is 2. The first-order chi connectivity index (χ1) is 21.8. The van der Waals surface area contributed by atoms with Gasteiger partial charge in [0.05, 0.1) is 12.2 Å². The van der Waals surface area contributed by atoms with Gasteiger partial charge in [-0.3, -0.25) is 9.69 Å². The van der Waals surface area contributed by atoms with Crippen LogP contribution in [0.15, 0.2) is 36.4 Å². The lowest BCUT2D eigenvalue weighted by Crippen LogP contribution is -2.56. The molecule has 12 heteroatoms. The van der Waals surface area contributed by atoms with Gasteiger partial charge in [0.2, 0.25) is 5.91 Å². The highest BCUT2D eigenvalue weighted by Gasteiger charge is 2.32. The lowest BCUT2D eigenvalue weighted by atomic mass is 10.0. The Kier molecular flexibility index (Phi) is 7.85. The van der Waals surface area contributed by atoms with E-state index in [2.05, 4.69) is 15.9 Å². The lowest BCUT2D eigenvalue weighted by molar-refractivity contribution is -0.139. The number of rotatable bonds is 7. The Morgan fingerprint density at radius 2 is 1.87 bits per heavy atom. The summed E-state index contributed by atoms with van der Waals surface area (Å²) in [5.41, 5.74) is 5.02. The molecule has 232 valence electrons. The fourth-order valence-electron chi connectivity index (χ4n) is 6.62. The largest absolute Gasteiger partial charge is 0.396 e. The van der Waals surface area contributed by atoms with Gasteiger partial charge < -0.3 is 19.8 Å². The van der Waals surface area contributed by atoms with Crippen LogP contribution in [0.4, 0.5) is 25.3 Å². The number of carbonyl (C=O) groups excluding carboxylic acids is 1. The maximum atomic E-state index is 15.9. The van der Waals surface area contributed by atoms with E-state index < -0.39 is 0 Å². The number of halogens is 2. The molecule has 2 aromatic carbocycles. The smallest absolute Gasteiger partial charge is 0.236 e. The van der Waals surface area contributed by atoms with Crippen molar-refractivity contribution in [3.05, 3.63) is 64.2 Å². The predicted octanol–water partition coefficient (Wildman–Crippen LogP) is 4.34. The van der Waals surface area contributed by atoms with Crippen LogP contribution in [0.5, 0.6) is 0 Å². The molecule has 45 heavy (non-hydrogen) atoms. The Morgan fingerprint density at radius 3 is 2.58 bits per heavy atom. The molecule has 4 heterocycles. The summed E-state index contributed by atoms with van der Waals surface area (Å²) in [6.07, 6.45) is 2.51. The summed E-state index contributed by atoms with van der Waals surface area (Å²) < 4.78 is 29.5. The summed E-state index contributed by atoms with van der Waals surface area (Å²) in [5, 5.41) is 20.4. The van der Waals surface area contributed by atoms with Crippen LogP contribution in [0.2, 0.25) is 0 Å². The number of benzene rings is 2. The van der Waals surface area contributed by atoms with Gasteiger partial charge in [-0.25, -0.2) is 18.7 Å². The fourth-order valence-corrected chi connectivity index (χ4v) is 7.47. The quantitative estimate of drug-likeness (QED) is 0.323. The second-order valence-corrected chi connectivity index (χ2v) is 13.0. The van der Waals surface area contributed by atoms with Crippen LogP contribution in [-0.2, 0) is 17.6 Å². The van der Waals surface area contributed by atoms with Crippen molar-refractivity contribution in [1.29, 1.82) is 5.26 Å². The van der Waals surface area contributed by atoms with Gasteiger partial charge in [0.25, 0.3) is 0 Å². The highest BCUT2D eigenvalue weighted by Crippen LogP contribution is 2.43. The number of aliphatic hydroxyl groups excluding tert-OH is 1. The summed E-state index contributed by atoms with van der Waals surface area (Å²) in [7, 11) is 1.89. The maximum Gasteiger partial charge on any atom is 0.236 e. The molecular formula is C33H33F2N7O2S. The molecule has 9 nitrogen and oxygen atoms in total. The van der Waals surface area contributed by atoms with Gasteiger partial charge in [0, 0.05) is 81.2 Å². The summed E-state index contributed by atoms with van der Waals surface area (Å²) in [6, 6.07) is 11.7. The normalized spacial score (nSPS) is 17.0. The molecule has 0 unspecified atom stereocenters. The average Bonchev–Trinajstić information content (AvgIpc) is 3.67. The van der Waals surface area contributed by atoms with E-state index in [1.807, 2.05) is 18.0 Å². The maximum absolute atomic E-state index is 15.9. The van der Waals surface area contributed by atoms with Crippen LogP contribution >= 0.6 is 11.3 Å². The van der Waals surface area contributed by atoms with Crippen LogP contribution in [0, 0.1) is 28.9 Å². The zero-order valence-corrected chi connectivity index (χ0v) is 25.8. The van der Waals surface area contributed by atoms with Crippen LogP contribution in [-0.4, -0.2) is 90.2 Å². The van der Waals surface area contributed by atoms with Gasteiger partial charge in [-0.05, 0) is 61.2 Å². The first-order valence-electron chi connectivity index (χ1n) is 15.2. The summed E-state index contributed by atoms with van der Waals surface area (Å²) in [4.78, 5) is 30.6. The molecule has 1 amide bonds. The number of piperazine rings is 1. The van der Waals surface area contributed by atoms with Gasteiger partial charge in [-0.2, -0.15) is 5.26 Å². The Bertz CT molecular complexity index is 1810. The molecule has 7 rings (SSSR count). The van der Waals surface area contributed by atoms with Crippen LogP contribution in [0.1, 0.15) is 22.6 Å². The number of likely N-dealkylation sites (tertiary alicyclic amines) is 1. The monoisotopic (exact) mass is 629 g/mol. The molecule has 4 aromatic rings. The first kappa shape index (κ1) is 29.5. The van der Waals surface area contributed by atoms with Crippen molar-refractivity contribution in [3.8, 4) is 17.3 Å². The standard InChI is InChI=1S/C33H33F2N7O2S/c1-39(33-38-30(28(15-36)45-33)21-5-7-22(34)8-6-21)32-24-3-2-4-27(24)37-31-25(32)13-23(14-26(31)35)41-11-9-40(10-12-41)18-29(44)42-16-20(17-42)19-43/h5-8,13-14,20,43H,2-4,9-12,16-19H2,1H3. The summed E-state index contributed by atoms with van der Waals surface area (Å²) in [6.45, 7) is 4.36. The number of aliphatic hydroxyl groups is 1. The van der Waals surface area contributed by atoms with Crippen LogP contribution in [0.25, 0.3) is 22.2 Å². The molecule has 0 radical (unpaired) electrons. The van der Waals surface area contributed by atoms with Crippen molar-refractivity contribution in [3.63, 3.8) is 0 Å². The second-order valence-electron chi connectivity index (χ2n) is 12.0. The Hall–Kier alpha value is -4.18. The number of carbonyl (C=O) groups is 1. The van der Waals surface area contributed by atoms with Gasteiger partial charge in [0.1, 0.15) is 28.0 Å². The molecule has 3 aliphatic rings. The van der Waals surface area contributed by atoms with E-state index in [0.717, 1.165) is 41.9 Å². The second kappa shape index (κ2) is 12.0. The number of thiazole rings is 1. The van der Waals surface area contributed by atoms with Gasteiger partial charge >= 0.3 is 0 Å². The lowest BCUT2D eigenvalue weighted by Gasteiger charge is -2.41. The van der Waals surface area contributed by atoms with E-state index in [0.29, 0.717) is 78.0 Å². The number of anilines is 3.